The molecule has 1 amide bonds. The van der Waals surface area contributed by atoms with Gasteiger partial charge in [0.05, 0.1) is 31.0 Å². The molecule has 0 N–H and O–H groups in total. The van der Waals surface area contributed by atoms with E-state index in [2.05, 4.69) is 19.9 Å². The summed E-state index contributed by atoms with van der Waals surface area (Å²) < 4.78 is 7.41. The number of carbonyl (C=O) groups is 1. The van der Waals surface area contributed by atoms with E-state index in [0.717, 1.165) is 53.5 Å². The van der Waals surface area contributed by atoms with Gasteiger partial charge in [-0.25, -0.2) is 4.98 Å². The fourth-order valence-corrected chi connectivity index (χ4v) is 4.75. The molecule has 1 aliphatic rings. The van der Waals surface area contributed by atoms with Gasteiger partial charge in [-0.2, -0.15) is 0 Å². The molecule has 35 heavy (non-hydrogen) atoms. The van der Waals surface area contributed by atoms with Crippen LogP contribution in [0.5, 0.6) is 5.75 Å². The average Bonchev–Trinajstić information content (AvgIpc) is 3.34. The lowest BCUT2D eigenvalue weighted by atomic mass is 9.92. The molecule has 1 saturated heterocycles. The topological polar surface area (TPSA) is 86.0 Å². The molecule has 0 unspecified atom stereocenters. The molecule has 5 rings (SSSR count). The Hall–Kier alpha value is -4.07. The molecule has 0 radical (unpaired) electrons. The Morgan fingerprint density at radius 1 is 1.11 bits per heavy atom. The van der Waals surface area contributed by atoms with E-state index in [1.54, 1.807) is 44.3 Å². The number of para-hydroxylation sites is 1. The molecule has 1 aliphatic heterocycles. The van der Waals surface area contributed by atoms with Crippen LogP contribution in [0.25, 0.3) is 11.4 Å². The second-order valence-electron chi connectivity index (χ2n) is 8.79. The Bertz CT molecular complexity index is 1330. The summed E-state index contributed by atoms with van der Waals surface area (Å²) in [5.41, 5.74) is 5.19. The Labute approximate surface area is 204 Å². The number of benzene rings is 1. The number of amides is 1. The molecule has 0 bridgehead atoms. The van der Waals surface area contributed by atoms with Crippen molar-refractivity contribution in [3.63, 3.8) is 0 Å². The molecule has 8 nitrogen and oxygen atoms in total. The van der Waals surface area contributed by atoms with Gasteiger partial charge in [-0.3, -0.25) is 19.7 Å². The highest BCUT2D eigenvalue weighted by Gasteiger charge is 2.29. The summed E-state index contributed by atoms with van der Waals surface area (Å²) in [4.78, 5) is 33.4. The summed E-state index contributed by atoms with van der Waals surface area (Å²) in [6.45, 7) is 1.33. The molecule has 8 heteroatoms. The van der Waals surface area contributed by atoms with Gasteiger partial charge >= 0.3 is 0 Å². The second-order valence-corrected chi connectivity index (χ2v) is 8.79. The van der Waals surface area contributed by atoms with Gasteiger partial charge < -0.3 is 14.2 Å². The van der Waals surface area contributed by atoms with Gasteiger partial charge in [-0.1, -0.05) is 18.2 Å². The molecule has 1 atom stereocenters. The molecule has 4 aromatic rings. The fraction of sp³-hybridized carbons (Fsp3) is 0.296. The number of aryl methyl sites for hydroxylation is 1. The van der Waals surface area contributed by atoms with E-state index < -0.39 is 0 Å². The number of ether oxygens (including phenoxy) is 1. The fourth-order valence-electron chi connectivity index (χ4n) is 4.75. The van der Waals surface area contributed by atoms with Gasteiger partial charge in [0.1, 0.15) is 11.4 Å². The monoisotopic (exact) mass is 468 g/mol. The minimum atomic E-state index is 0.0179. The molecule has 3 aromatic heterocycles. The van der Waals surface area contributed by atoms with Crippen LogP contribution in [0, 0.1) is 0 Å². The van der Waals surface area contributed by atoms with Gasteiger partial charge in [-0.05, 0) is 31.0 Å². The molecule has 4 heterocycles. The van der Waals surface area contributed by atoms with E-state index in [4.69, 9.17) is 4.74 Å². The van der Waals surface area contributed by atoms with Crippen molar-refractivity contribution in [2.75, 3.05) is 20.2 Å². The van der Waals surface area contributed by atoms with Crippen LogP contribution in [0.15, 0.2) is 67.5 Å². The maximum Gasteiger partial charge on any atom is 0.253 e. The summed E-state index contributed by atoms with van der Waals surface area (Å²) in [6.07, 6.45) is 11.2. The lowest BCUT2D eigenvalue weighted by molar-refractivity contribution is 0.0705. The lowest BCUT2D eigenvalue weighted by Gasteiger charge is -2.33. The number of piperidine rings is 1. The van der Waals surface area contributed by atoms with Crippen LogP contribution >= 0.6 is 0 Å². The highest BCUT2D eigenvalue weighted by atomic mass is 16.5. The largest absolute Gasteiger partial charge is 0.496 e. The zero-order valence-corrected chi connectivity index (χ0v) is 20.0. The number of hydrogen-bond donors (Lipinski definition) is 0. The number of methoxy groups -OCH3 is 1. The second kappa shape index (κ2) is 10.0. The molecule has 1 fully saturated rings. The SMILES string of the molecule is COc1ccccc1Cc1cc(C(=O)N2CCC[C@@H](c3nccnc3-c3cncn3C)C2)ccn1. The molecule has 0 saturated carbocycles. The number of pyridine rings is 1. The zero-order chi connectivity index (χ0) is 24.2. The number of aromatic nitrogens is 5. The zero-order valence-electron chi connectivity index (χ0n) is 20.0. The summed E-state index contributed by atoms with van der Waals surface area (Å²) >= 11 is 0. The molecular formula is C27H28N6O2. The highest BCUT2D eigenvalue weighted by molar-refractivity contribution is 5.94. The van der Waals surface area contributed by atoms with Gasteiger partial charge in [0.15, 0.2) is 0 Å². The Balaban J connectivity index is 1.35. The predicted molar refractivity (Wildman–Crippen MR) is 132 cm³/mol. The number of nitrogens with zero attached hydrogens (tertiary/aromatic N) is 6. The van der Waals surface area contributed by atoms with E-state index >= 15 is 0 Å². The van der Waals surface area contributed by atoms with Crippen molar-refractivity contribution in [1.29, 1.82) is 0 Å². The van der Waals surface area contributed by atoms with Crippen molar-refractivity contribution in [3.05, 3.63) is 90.0 Å². The summed E-state index contributed by atoms with van der Waals surface area (Å²) in [6, 6.07) is 11.6. The maximum atomic E-state index is 13.5. The van der Waals surface area contributed by atoms with Crippen molar-refractivity contribution < 1.29 is 9.53 Å². The van der Waals surface area contributed by atoms with Crippen LogP contribution in [0.1, 0.15) is 46.1 Å². The van der Waals surface area contributed by atoms with Crippen molar-refractivity contribution >= 4 is 5.91 Å². The third-order valence-corrected chi connectivity index (χ3v) is 6.51. The summed E-state index contributed by atoms with van der Waals surface area (Å²) in [7, 11) is 3.61. The normalized spacial score (nSPS) is 15.7. The van der Waals surface area contributed by atoms with E-state index in [1.807, 2.05) is 46.8 Å². The highest BCUT2D eigenvalue weighted by Crippen LogP contribution is 2.32. The van der Waals surface area contributed by atoms with Gasteiger partial charge in [0.2, 0.25) is 0 Å². The van der Waals surface area contributed by atoms with E-state index in [0.29, 0.717) is 18.5 Å². The number of hydrogen-bond acceptors (Lipinski definition) is 6. The number of likely N-dealkylation sites (tertiary alicyclic amines) is 1. The first kappa shape index (κ1) is 22.7. The van der Waals surface area contributed by atoms with Crippen LogP contribution in [0.2, 0.25) is 0 Å². The van der Waals surface area contributed by atoms with Crippen LogP contribution in [0.4, 0.5) is 0 Å². The Kier molecular flexibility index (Phi) is 6.52. The molecule has 0 spiro atoms. The summed E-state index contributed by atoms with van der Waals surface area (Å²) in [5, 5.41) is 0. The van der Waals surface area contributed by atoms with Crippen LogP contribution in [-0.4, -0.2) is 55.5 Å². The molecule has 178 valence electrons. The van der Waals surface area contributed by atoms with Crippen molar-refractivity contribution in [1.82, 2.24) is 29.4 Å². The molecular weight excluding hydrogens is 440 g/mol. The van der Waals surface area contributed by atoms with Crippen LogP contribution in [0.3, 0.4) is 0 Å². The van der Waals surface area contributed by atoms with E-state index in [1.165, 1.54) is 0 Å². The minimum Gasteiger partial charge on any atom is -0.496 e. The van der Waals surface area contributed by atoms with E-state index in [9.17, 15) is 4.79 Å². The van der Waals surface area contributed by atoms with Gasteiger partial charge in [0.25, 0.3) is 5.91 Å². The number of imidazole rings is 1. The van der Waals surface area contributed by atoms with Crippen molar-refractivity contribution in [3.8, 4) is 17.1 Å². The smallest absolute Gasteiger partial charge is 0.253 e. The number of carbonyl (C=O) groups excluding carboxylic acids is 1. The lowest BCUT2D eigenvalue weighted by Crippen LogP contribution is -2.39. The first-order valence-electron chi connectivity index (χ1n) is 11.8. The van der Waals surface area contributed by atoms with Crippen molar-refractivity contribution in [2.24, 2.45) is 7.05 Å². The van der Waals surface area contributed by atoms with Gasteiger partial charge in [-0.15, -0.1) is 0 Å². The third-order valence-electron chi connectivity index (χ3n) is 6.51. The van der Waals surface area contributed by atoms with E-state index in [-0.39, 0.29) is 11.8 Å². The first-order valence-corrected chi connectivity index (χ1v) is 11.8. The number of rotatable bonds is 6. The Morgan fingerprint density at radius 3 is 2.80 bits per heavy atom. The van der Waals surface area contributed by atoms with Crippen LogP contribution in [-0.2, 0) is 13.5 Å². The van der Waals surface area contributed by atoms with Crippen molar-refractivity contribution in [2.45, 2.75) is 25.2 Å². The predicted octanol–water partition coefficient (Wildman–Crippen LogP) is 3.89. The minimum absolute atomic E-state index is 0.0179. The summed E-state index contributed by atoms with van der Waals surface area (Å²) in [5.74, 6) is 0.948. The van der Waals surface area contributed by atoms with Gasteiger partial charge in [0, 0.05) is 67.9 Å². The average molecular weight is 469 g/mol. The third kappa shape index (κ3) is 4.77. The quantitative estimate of drug-likeness (QED) is 0.427. The molecule has 1 aromatic carbocycles. The maximum absolute atomic E-state index is 13.5. The Morgan fingerprint density at radius 2 is 1.97 bits per heavy atom. The first-order chi connectivity index (χ1) is 17.1. The molecule has 0 aliphatic carbocycles. The standard InChI is InChI=1S/C27H28N6O2/c1-32-18-28-16-23(32)26-25(30-11-12-31-26)21-7-5-13-33(17-21)27(34)20-9-10-29-22(15-20)14-19-6-3-4-8-24(19)35-2/h3-4,6,8-12,15-16,18,21H,5,7,13-14,17H2,1-2H3/t21-/m1/s1. The van der Waals surface area contributed by atoms with Crippen LogP contribution < -0.4 is 4.74 Å².